The third kappa shape index (κ3) is 3.51. The Morgan fingerprint density at radius 2 is 1.94 bits per heavy atom. The Morgan fingerprint density at radius 3 is 2.48 bits per heavy atom. The van der Waals surface area contributed by atoms with Crippen LogP contribution in [0.1, 0.15) is 33.1 Å². The van der Waals surface area contributed by atoms with Crippen molar-refractivity contribution in [2.24, 2.45) is 13.0 Å². The number of alkyl halides is 2. The summed E-state index contributed by atoms with van der Waals surface area (Å²) in [4.78, 5) is 27.9. The summed E-state index contributed by atoms with van der Waals surface area (Å²) in [7, 11) is 1.87. The minimum absolute atomic E-state index is 0.0411. The molecule has 2 aliphatic heterocycles. The Bertz CT molecular complexity index is 980. The molecule has 2 bridgehead atoms. The van der Waals surface area contributed by atoms with Gasteiger partial charge in [0.05, 0.1) is 11.9 Å². The zero-order chi connectivity index (χ0) is 21.9. The molecule has 2 unspecified atom stereocenters. The smallest absolute Gasteiger partial charge is 0.260 e. The highest BCUT2D eigenvalue weighted by Gasteiger charge is 2.64. The first-order chi connectivity index (χ1) is 14.7. The molecule has 0 aromatic carbocycles. The average molecular weight is 431 g/mol. The van der Waals surface area contributed by atoms with Gasteiger partial charge in [0.2, 0.25) is 11.9 Å². The first-order valence-corrected chi connectivity index (χ1v) is 10.8. The van der Waals surface area contributed by atoms with Crippen molar-refractivity contribution in [3.05, 3.63) is 24.7 Å². The Labute approximate surface area is 179 Å². The molecule has 1 saturated carbocycles. The summed E-state index contributed by atoms with van der Waals surface area (Å²) in [5.74, 6) is -2.93. The van der Waals surface area contributed by atoms with E-state index in [-0.39, 0.29) is 30.5 Å². The van der Waals surface area contributed by atoms with Crippen molar-refractivity contribution in [1.82, 2.24) is 24.6 Å². The summed E-state index contributed by atoms with van der Waals surface area (Å²) in [6, 6.07) is 1.92. The molecule has 2 aromatic rings. The maximum atomic E-state index is 13.5. The quantitative estimate of drug-likeness (QED) is 0.725. The third-order valence-corrected chi connectivity index (χ3v) is 6.51. The lowest BCUT2D eigenvalue weighted by atomic mass is 10.1. The monoisotopic (exact) mass is 431 g/mol. The molecular weight excluding hydrogens is 404 g/mol. The third-order valence-electron chi connectivity index (χ3n) is 6.51. The van der Waals surface area contributed by atoms with E-state index in [1.54, 1.807) is 22.0 Å². The first kappa shape index (κ1) is 20.1. The van der Waals surface area contributed by atoms with Gasteiger partial charge in [0, 0.05) is 57.1 Å². The summed E-state index contributed by atoms with van der Waals surface area (Å²) in [6.45, 7) is 5.35. The molecule has 4 heterocycles. The first-order valence-electron chi connectivity index (χ1n) is 10.8. The summed E-state index contributed by atoms with van der Waals surface area (Å²) in [6.07, 6.45) is 6.84. The predicted octanol–water partition coefficient (Wildman–Crippen LogP) is 2.59. The summed E-state index contributed by atoms with van der Waals surface area (Å²) in [5, 5.41) is 4.26. The lowest BCUT2D eigenvalue weighted by Gasteiger charge is -2.42. The number of piperazine rings is 1. The molecule has 0 N–H and O–H groups in total. The van der Waals surface area contributed by atoms with E-state index in [1.165, 1.54) is 0 Å². The number of aromatic nitrogens is 4. The normalized spacial score (nSPS) is 26.5. The minimum atomic E-state index is -2.82. The number of fused-ring (bicyclic) bond motifs is 2. The van der Waals surface area contributed by atoms with Crippen LogP contribution in [0.15, 0.2) is 24.7 Å². The molecule has 10 heteroatoms. The van der Waals surface area contributed by atoms with Crippen LogP contribution in [0.25, 0.3) is 0 Å². The topological polar surface area (TPSA) is 70.4 Å². The van der Waals surface area contributed by atoms with E-state index in [9.17, 15) is 13.6 Å². The van der Waals surface area contributed by atoms with E-state index in [4.69, 9.17) is 4.98 Å². The SMILES string of the molecule is CC(C)N(c1cnn(C)c1)c1nccc(N2CC3CCC(C2)N3C(=O)[C@@H]2CC2(F)F)n1. The molecule has 1 aliphatic carbocycles. The number of amides is 1. The van der Waals surface area contributed by atoms with E-state index < -0.39 is 11.8 Å². The number of carbonyl (C=O) groups excluding carboxylic acids is 1. The van der Waals surface area contributed by atoms with Crippen molar-refractivity contribution in [3.63, 3.8) is 0 Å². The van der Waals surface area contributed by atoms with Crippen molar-refractivity contribution in [1.29, 1.82) is 0 Å². The average Bonchev–Trinajstić information content (AvgIpc) is 3.01. The molecule has 0 radical (unpaired) electrons. The Morgan fingerprint density at radius 1 is 1.26 bits per heavy atom. The van der Waals surface area contributed by atoms with E-state index in [1.807, 2.05) is 24.2 Å². The standard InChI is InChI=1S/C21H27F2N7O/c1-13(2)29(16-9-25-27(3)10-16)20-24-7-6-18(26-20)28-11-14-4-5-15(12-28)30(14)19(31)17-8-21(17,22)23/h6-7,9-10,13-15,17H,4-5,8,11-12H2,1-3H3/t14?,15?,17-/m0/s1. The van der Waals surface area contributed by atoms with Gasteiger partial charge in [-0.3, -0.25) is 9.48 Å². The molecule has 31 heavy (non-hydrogen) atoms. The molecule has 3 atom stereocenters. The van der Waals surface area contributed by atoms with Crippen molar-refractivity contribution < 1.29 is 13.6 Å². The molecule has 5 rings (SSSR count). The molecule has 2 aromatic heterocycles. The maximum Gasteiger partial charge on any atom is 0.260 e. The van der Waals surface area contributed by atoms with Crippen molar-refractivity contribution in [2.45, 2.75) is 57.2 Å². The van der Waals surface area contributed by atoms with E-state index in [2.05, 4.69) is 28.8 Å². The molecule has 166 valence electrons. The Hall–Kier alpha value is -2.78. The van der Waals surface area contributed by atoms with E-state index in [0.29, 0.717) is 19.0 Å². The molecular formula is C21H27F2N7O. The zero-order valence-electron chi connectivity index (χ0n) is 17.9. The van der Waals surface area contributed by atoms with Gasteiger partial charge in [-0.1, -0.05) is 0 Å². The largest absolute Gasteiger partial charge is 0.352 e. The van der Waals surface area contributed by atoms with Crippen LogP contribution in [0, 0.1) is 5.92 Å². The Kier molecular flexibility index (Phi) is 4.63. The second kappa shape index (κ2) is 7.13. The number of rotatable bonds is 5. The van der Waals surface area contributed by atoms with Gasteiger partial charge in [0.25, 0.3) is 5.92 Å². The highest BCUT2D eigenvalue weighted by Crippen LogP contribution is 2.51. The fourth-order valence-electron chi connectivity index (χ4n) is 4.92. The van der Waals surface area contributed by atoms with Crippen LogP contribution in [0.5, 0.6) is 0 Å². The number of anilines is 3. The van der Waals surface area contributed by atoms with Gasteiger partial charge >= 0.3 is 0 Å². The van der Waals surface area contributed by atoms with E-state index in [0.717, 1.165) is 24.3 Å². The number of hydrogen-bond acceptors (Lipinski definition) is 6. The van der Waals surface area contributed by atoms with Gasteiger partial charge in [-0.2, -0.15) is 10.1 Å². The van der Waals surface area contributed by atoms with Crippen LogP contribution in [0.4, 0.5) is 26.2 Å². The number of carbonyl (C=O) groups is 1. The zero-order valence-corrected chi connectivity index (χ0v) is 17.9. The minimum Gasteiger partial charge on any atom is -0.352 e. The lowest BCUT2D eigenvalue weighted by molar-refractivity contribution is -0.138. The van der Waals surface area contributed by atoms with Crippen molar-refractivity contribution in [2.75, 3.05) is 22.9 Å². The van der Waals surface area contributed by atoms with Gasteiger partial charge in [-0.15, -0.1) is 0 Å². The number of halogens is 2. The van der Waals surface area contributed by atoms with Gasteiger partial charge in [-0.05, 0) is 32.8 Å². The van der Waals surface area contributed by atoms with Crippen LogP contribution >= 0.6 is 0 Å². The second-order valence-electron chi connectivity index (χ2n) is 9.10. The summed E-state index contributed by atoms with van der Waals surface area (Å²) < 4.78 is 28.7. The Balaban J connectivity index is 1.36. The van der Waals surface area contributed by atoms with Gasteiger partial charge < -0.3 is 14.7 Å². The molecule has 1 amide bonds. The maximum absolute atomic E-state index is 13.5. The molecule has 3 aliphatic rings. The number of hydrogen-bond donors (Lipinski definition) is 0. The van der Waals surface area contributed by atoms with Crippen molar-refractivity contribution >= 4 is 23.4 Å². The summed E-state index contributed by atoms with van der Waals surface area (Å²) >= 11 is 0. The molecule has 2 saturated heterocycles. The fourth-order valence-corrected chi connectivity index (χ4v) is 4.92. The van der Waals surface area contributed by atoms with Gasteiger partial charge in [0.1, 0.15) is 11.7 Å². The highest BCUT2D eigenvalue weighted by atomic mass is 19.3. The summed E-state index contributed by atoms with van der Waals surface area (Å²) in [5.41, 5.74) is 0.912. The van der Waals surface area contributed by atoms with Crippen molar-refractivity contribution in [3.8, 4) is 0 Å². The lowest BCUT2D eigenvalue weighted by Crippen LogP contribution is -2.56. The molecule has 3 fully saturated rings. The highest BCUT2D eigenvalue weighted by molar-refractivity contribution is 5.84. The van der Waals surface area contributed by atoms with Crippen LogP contribution < -0.4 is 9.80 Å². The number of aryl methyl sites for hydroxylation is 1. The number of nitrogens with zero attached hydrogens (tertiary/aromatic N) is 7. The van der Waals surface area contributed by atoms with Crippen LogP contribution in [0.3, 0.4) is 0 Å². The second-order valence-corrected chi connectivity index (χ2v) is 9.10. The van der Waals surface area contributed by atoms with Gasteiger partial charge in [0.15, 0.2) is 0 Å². The fraction of sp³-hybridized carbons (Fsp3) is 0.619. The van der Waals surface area contributed by atoms with Crippen LogP contribution in [-0.2, 0) is 11.8 Å². The predicted molar refractivity (Wildman–Crippen MR) is 111 cm³/mol. The molecule has 0 spiro atoms. The van der Waals surface area contributed by atoms with Gasteiger partial charge in [-0.25, -0.2) is 13.8 Å². The van der Waals surface area contributed by atoms with Crippen LogP contribution in [0.2, 0.25) is 0 Å². The van der Waals surface area contributed by atoms with E-state index >= 15 is 0 Å². The van der Waals surface area contributed by atoms with Crippen LogP contribution in [-0.4, -0.2) is 67.7 Å². The molecule has 8 nitrogen and oxygen atoms in total.